The summed E-state index contributed by atoms with van der Waals surface area (Å²) in [5, 5.41) is 4.16. The van der Waals surface area contributed by atoms with E-state index in [2.05, 4.69) is 10.00 Å². The van der Waals surface area contributed by atoms with Gasteiger partial charge in [-0.1, -0.05) is 0 Å². The van der Waals surface area contributed by atoms with E-state index in [1.54, 1.807) is 27.5 Å². The molecule has 25 heavy (non-hydrogen) atoms. The van der Waals surface area contributed by atoms with Crippen molar-refractivity contribution in [2.75, 3.05) is 25.7 Å². The van der Waals surface area contributed by atoms with E-state index in [1.807, 2.05) is 19.1 Å². The molecule has 1 aromatic heterocycles. The molecule has 2 aromatic rings. The Labute approximate surface area is 145 Å². The van der Waals surface area contributed by atoms with Crippen LogP contribution in [0.1, 0.15) is 24.1 Å². The Morgan fingerprint density at radius 1 is 1.24 bits per heavy atom. The highest BCUT2D eigenvalue weighted by Crippen LogP contribution is 2.46. The Bertz CT molecular complexity index is 893. The lowest BCUT2D eigenvalue weighted by molar-refractivity contribution is 0.161. The minimum Gasteiger partial charge on any atom is -0.493 e. The molecule has 7 nitrogen and oxygen atoms in total. The van der Waals surface area contributed by atoms with Gasteiger partial charge in [-0.05, 0) is 36.6 Å². The van der Waals surface area contributed by atoms with Crippen molar-refractivity contribution in [1.82, 2.24) is 9.78 Å². The molecule has 7 heteroatoms. The molecule has 0 N–H and O–H groups in total. The van der Waals surface area contributed by atoms with Gasteiger partial charge in [-0.15, -0.1) is 0 Å². The average Bonchev–Trinajstić information content (AvgIpc) is 2.63. The lowest BCUT2D eigenvalue weighted by atomic mass is 9.88. The first-order valence-corrected chi connectivity index (χ1v) is 8.29. The number of ether oxygens (including phenoxy) is 3. The third kappa shape index (κ3) is 2.26. The number of hydrogen-bond acceptors (Lipinski definition) is 6. The minimum atomic E-state index is -0.207. The van der Waals surface area contributed by atoms with Gasteiger partial charge < -0.3 is 19.1 Å². The van der Waals surface area contributed by atoms with Gasteiger partial charge in [0.25, 0.3) is 0 Å². The molecule has 0 saturated heterocycles. The average molecular weight is 343 g/mol. The molecule has 0 fully saturated rings. The van der Waals surface area contributed by atoms with Crippen LogP contribution in [0.5, 0.6) is 17.2 Å². The van der Waals surface area contributed by atoms with Gasteiger partial charge in [0.1, 0.15) is 11.8 Å². The Balaban J connectivity index is 1.86. The Hall–Kier alpha value is -2.70. The molecule has 0 amide bonds. The summed E-state index contributed by atoms with van der Waals surface area (Å²) in [5.41, 5.74) is 2.91. The van der Waals surface area contributed by atoms with Gasteiger partial charge in [-0.25, -0.2) is 4.68 Å². The van der Waals surface area contributed by atoms with Gasteiger partial charge in [-0.3, -0.25) is 4.79 Å². The fourth-order valence-corrected chi connectivity index (χ4v) is 3.83. The highest BCUT2D eigenvalue weighted by Gasteiger charge is 2.40. The Kier molecular flexibility index (Phi) is 3.59. The summed E-state index contributed by atoms with van der Waals surface area (Å²) in [4.78, 5) is 14.6. The van der Waals surface area contributed by atoms with Gasteiger partial charge >= 0.3 is 5.56 Å². The summed E-state index contributed by atoms with van der Waals surface area (Å²) in [6, 6.07) is 4.06. The van der Waals surface area contributed by atoms with E-state index in [-0.39, 0.29) is 17.7 Å². The highest BCUT2D eigenvalue weighted by atomic mass is 16.5. The summed E-state index contributed by atoms with van der Waals surface area (Å²) in [6.45, 7) is 2.79. The van der Waals surface area contributed by atoms with Crippen molar-refractivity contribution in [2.24, 2.45) is 7.05 Å². The zero-order chi connectivity index (χ0) is 17.7. The first kappa shape index (κ1) is 15.8. The lowest BCUT2D eigenvalue weighted by Crippen LogP contribution is -2.47. The van der Waals surface area contributed by atoms with Crippen LogP contribution in [0.25, 0.3) is 0 Å². The monoisotopic (exact) mass is 343 g/mol. The largest absolute Gasteiger partial charge is 0.493 e. The summed E-state index contributed by atoms with van der Waals surface area (Å²) in [5.74, 6) is 1.81. The van der Waals surface area contributed by atoms with E-state index in [9.17, 15) is 4.79 Å². The van der Waals surface area contributed by atoms with Gasteiger partial charge in [-0.2, -0.15) is 5.10 Å². The second-order valence-electron chi connectivity index (χ2n) is 6.40. The minimum absolute atomic E-state index is 0.00459. The van der Waals surface area contributed by atoms with Gasteiger partial charge in [0, 0.05) is 13.6 Å². The normalized spacial score (nSPS) is 20.9. The highest BCUT2D eigenvalue weighted by molar-refractivity contribution is 5.63. The Morgan fingerprint density at radius 2 is 1.96 bits per heavy atom. The number of aryl methyl sites for hydroxylation is 1. The van der Waals surface area contributed by atoms with Crippen LogP contribution in [0.3, 0.4) is 0 Å². The third-order valence-corrected chi connectivity index (χ3v) is 5.05. The van der Waals surface area contributed by atoms with E-state index >= 15 is 0 Å². The smallest absolute Gasteiger partial charge is 0.311 e. The molecule has 0 aliphatic carbocycles. The second kappa shape index (κ2) is 5.68. The topological polar surface area (TPSA) is 65.8 Å². The molecule has 0 spiro atoms. The molecule has 2 atom stereocenters. The van der Waals surface area contributed by atoms with E-state index < -0.39 is 0 Å². The SMILES string of the molecule is COc1cc2c(cc1OC)[C@H]1[C@H](C)Oc3c(cnn(C)c3=O)N1CC2. The maximum atomic E-state index is 12.4. The number of benzene rings is 1. The van der Waals surface area contributed by atoms with Crippen LogP contribution < -0.4 is 24.7 Å². The molecular weight excluding hydrogens is 322 g/mol. The van der Waals surface area contributed by atoms with Crippen LogP contribution in [-0.4, -0.2) is 36.6 Å². The van der Waals surface area contributed by atoms with Crippen LogP contribution in [0.2, 0.25) is 0 Å². The number of fused-ring (bicyclic) bond motifs is 5. The van der Waals surface area contributed by atoms with Crippen molar-refractivity contribution in [2.45, 2.75) is 25.5 Å². The molecule has 132 valence electrons. The first-order valence-electron chi connectivity index (χ1n) is 8.29. The molecule has 1 aromatic carbocycles. The molecule has 0 unspecified atom stereocenters. The first-order chi connectivity index (χ1) is 12.0. The number of rotatable bonds is 2. The second-order valence-corrected chi connectivity index (χ2v) is 6.40. The Morgan fingerprint density at radius 3 is 2.68 bits per heavy atom. The number of aromatic nitrogens is 2. The number of methoxy groups -OCH3 is 2. The van der Waals surface area contributed by atoms with Gasteiger partial charge in [0.15, 0.2) is 11.5 Å². The zero-order valence-corrected chi connectivity index (χ0v) is 14.8. The fraction of sp³-hybridized carbons (Fsp3) is 0.444. The van der Waals surface area contributed by atoms with Gasteiger partial charge in [0.05, 0.1) is 26.5 Å². The van der Waals surface area contributed by atoms with Crippen molar-refractivity contribution in [1.29, 1.82) is 0 Å². The van der Waals surface area contributed by atoms with Crippen molar-refractivity contribution >= 4 is 5.69 Å². The molecule has 2 aliphatic heterocycles. The summed E-state index contributed by atoms with van der Waals surface area (Å²) >= 11 is 0. The van der Waals surface area contributed by atoms with Crippen LogP contribution in [0.4, 0.5) is 5.69 Å². The van der Waals surface area contributed by atoms with Crippen LogP contribution >= 0.6 is 0 Å². The third-order valence-electron chi connectivity index (χ3n) is 5.05. The van der Waals surface area contributed by atoms with E-state index in [0.29, 0.717) is 11.5 Å². The summed E-state index contributed by atoms with van der Waals surface area (Å²) in [7, 11) is 4.91. The molecule has 3 heterocycles. The predicted octanol–water partition coefficient (Wildman–Crippen LogP) is 1.68. The fourth-order valence-electron chi connectivity index (χ4n) is 3.83. The molecule has 2 aliphatic rings. The van der Waals surface area contributed by atoms with Crippen molar-refractivity contribution in [3.05, 3.63) is 39.8 Å². The lowest BCUT2D eigenvalue weighted by Gasteiger charge is -2.45. The maximum Gasteiger partial charge on any atom is 0.311 e. The standard InChI is InChI=1S/C18H21N3O4/c1-10-16-12-8-15(24-4)14(23-3)7-11(12)5-6-21(16)13-9-19-20(2)18(22)17(13)25-10/h7-10,16H,5-6H2,1-4H3/t10-,16+/m0/s1. The quantitative estimate of drug-likeness (QED) is 0.827. The van der Waals surface area contributed by atoms with Crippen LogP contribution in [0.15, 0.2) is 23.1 Å². The molecule has 0 saturated carbocycles. The summed E-state index contributed by atoms with van der Waals surface area (Å²) in [6.07, 6.45) is 2.40. The number of nitrogens with zero attached hydrogens (tertiary/aromatic N) is 3. The summed E-state index contributed by atoms with van der Waals surface area (Å²) < 4.78 is 18.2. The predicted molar refractivity (Wildman–Crippen MR) is 92.9 cm³/mol. The van der Waals surface area contributed by atoms with Crippen molar-refractivity contribution in [3.63, 3.8) is 0 Å². The molecule has 0 radical (unpaired) electrons. The van der Waals surface area contributed by atoms with E-state index in [4.69, 9.17) is 14.2 Å². The molecule has 0 bridgehead atoms. The zero-order valence-electron chi connectivity index (χ0n) is 14.8. The van der Waals surface area contributed by atoms with Gasteiger partial charge in [0.2, 0.25) is 5.75 Å². The van der Waals surface area contributed by atoms with E-state index in [0.717, 1.165) is 30.0 Å². The van der Waals surface area contributed by atoms with Crippen molar-refractivity contribution < 1.29 is 14.2 Å². The molecular formula is C18H21N3O4. The molecule has 4 rings (SSSR count). The van der Waals surface area contributed by atoms with Crippen LogP contribution in [0, 0.1) is 0 Å². The van der Waals surface area contributed by atoms with Crippen LogP contribution in [-0.2, 0) is 13.5 Å². The van der Waals surface area contributed by atoms with E-state index in [1.165, 1.54) is 10.2 Å². The number of anilines is 1. The maximum absolute atomic E-state index is 12.4. The van der Waals surface area contributed by atoms with Crippen molar-refractivity contribution in [3.8, 4) is 17.2 Å². The number of hydrogen-bond donors (Lipinski definition) is 0.